The maximum absolute atomic E-state index is 13.9. The van der Waals surface area contributed by atoms with Gasteiger partial charge in [-0.25, -0.2) is 0 Å². The van der Waals surface area contributed by atoms with Gasteiger partial charge in [-0.2, -0.15) is 0 Å². The van der Waals surface area contributed by atoms with Crippen LogP contribution in [0.5, 0.6) is 5.75 Å². The Labute approximate surface area is 239 Å². The molecular formula is C33H35BrN2O3. The van der Waals surface area contributed by atoms with Crippen molar-refractivity contribution in [3.05, 3.63) is 112 Å². The van der Waals surface area contributed by atoms with Crippen molar-refractivity contribution < 1.29 is 14.3 Å². The third-order valence-electron chi connectivity index (χ3n) is 6.74. The van der Waals surface area contributed by atoms with Crippen LogP contribution in [0.3, 0.4) is 0 Å². The highest BCUT2D eigenvalue weighted by atomic mass is 79.9. The quantitative estimate of drug-likeness (QED) is 0.213. The summed E-state index contributed by atoms with van der Waals surface area (Å²) in [6.45, 7) is 6.78. The van der Waals surface area contributed by atoms with E-state index < -0.39 is 6.04 Å². The van der Waals surface area contributed by atoms with Crippen LogP contribution >= 0.6 is 15.9 Å². The van der Waals surface area contributed by atoms with Crippen molar-refractivity contribution in [3.8, 4) is 5.75 Å². The molecule has 0 aliphatic carbocycles. The molecule has 0 saturated heterocycles. The van der Waals surface area contributed by atoms with E-state index in [1.54, 1.807) is 4.90 Å². The maximum Gasteiger partial charge on any atom is 0.261 e. The van der Waals surface area contributed by atoms with E-state index >= 15 is 0 Å². The van der Waals surface area contributed by atoms with Gasteiger partial charge < -0.3 is 15.0 Å². The summed E-state index contributed by atoms with van der Waals surface area (Å²) in [6.07, 6.45) is 0.405. The van der Waals surface area contributed by atoms with Gasteiger partial charge in [0, 0.05) is 19.5 Å². The minimum absolute atomic E-state index is 0.165. The Morgan fingerprint density at radius 3 is 2.33 bits per heavy atom. The van der Waals surface area contributed by atoms with Gasteiger partial charge in [-0.05, 0) is 62.3 Å². The molecular weight excluding hydrogens is 552 g/mol. The lowest BCUT2D eigenvalue weighted by Crippen LogP contribution is -2.52. The second kappa shape index (κ2) is 13.4. The molecule has 0 radical (unpaired) electrons. The van der Waals surface area contributed by atoms with Gasteiger partial charge in [0.1, 0.15) is 11.8 Å². The summed E-state index contributed by atoms with van der Waals surface area (Å²) in [7, 11) is 0. The van der Waals surface area contributed by atoms with Crippen LogP contribution in [-0.2, 0) is 22.6 Å². The zero-order chi connectivity index (χ0) is 27.8. The molecule has 0 saturated carbocycles. The highest BCUT2D eigenvalue weighted by molar-refractivity contribution is 9.10. The minimum Gasteiger partial charge on any atom is -0.483 e. The number of ether oxygens (including phenoxy) is 1. The second-order valence-electron chi connectivity index (χ2n) is 10.2. The molecule has 1 N–H and O–H groups in total. The molecule has 0 aromatic heterocycles. The zero-order valence-corrected chi connectivity index (χ0v) is 24.3. The molecule has 0 bridgehead atoms. The Bertz CT molecular complexity index is 1420. The van der Waals surface area contributed by atoms with Crippen LogP contribution in [0.4, 0.5) is 0 Å². The third kappa shape index (κ3) is 7.48. The number of carbonyl (C=O) groups is 2. The number of amides is 2. The number of carbonyl (C=O) groups excluding carboxylic acids is 2. The molecule has 0 heterocycles. The summed E-state index contributed by atoms with van der Waals surface area (Å²) >= 11 is 3.65. The zero-order valence-electron chi connectivity index (χ0n) is 22.7. The number of fused-ring (bicyclic) bond motifs is 1. The van der Waals surface area contributed by atoms with Crippen LogP contribution < -0.4 is 10.1 Å². The third-order valence-corrected chi connectivity index (χ3v) is 7.55. The highest BCUT2D eigenvalue weighted by Crippen LogP contribution is 2.33. The van der Waals surface area contributed by atoms with E-state index in [9.17, 15) is 9.59 Å². The Balaban J connectivity index is 1.64. The number of benzene rings is 4. The summed E-state index contributed by atoms with van der Waals surface area (Å²) in [5.74, 6) is 0.461. The summed E-state index contributed by atoms with van der Waals surface area (Å²) in [6, 6.07) is 28.9. The average Bonchev–Trinajstić information content (AvgIpc) is 2.94. The minimum atomic E-state index is -0.693. The number of nitrogens with one attached hydrogen (secondary N) is 1. The van der Waals surface area contributed by atoms with Gasteiger partial charge in [0.15, 0.2) is 6.61 Å². The van der Waals surface area contributed by atoms with Gasteiger partial charge in [-0.3, -0.25) is 9.59 Å². The summed E-state index contributed by atoms with van der Waals surface area (Å²) in [5.41, 5.74) is 3.05. The fourth-order valence-corrected chi connectivity index (χ4v) is 5.10. The van der Waals surface area contributed by atoms with E-state index in [4.69, 9.17) is 4.74 Å². The second-order valence-corrected chi connectivity index (χ2v) is 11.0. The standard InChI is InChI=1S/C33H35BrN2O3/c1-23(2)20-35-33(38)29(19-25-12-5-4-6-13-25)36(21-27-15-8-7-11-24(27)3)31(37)22-39-30-18-17-26-14-9-10-16-28(26)32(30)34/h4-18,23,29H,19-22H2,1-3H3,(H,35,38)/t29-/m0/s1. The largest absolute Gasteiger partial charge is 0.483 e. The number of rotatable bonds is 11. The van der Waals surface area contributed by atoms with E-state index in [-0.39, 0.29) is 18.4 Å². The molecule has 4 aromatic rings. The van der Waals surface area contributed by atoms with E-state index in [1.165, 1.54) is 0 Å². The predicted octanol–water partition coefficient (Wildman–Crippen LogP) is 6.70. The van der Waals surface area contributed by atoms with Crippen molar-refractivity contribution in [2.75, 3.05) is 13.2 Å². The SMILES string of the molecule is Cc1ccccc1CN(C(=O)COc1ccc2ccccc2c1Br)[C@@H](Cc1ccccc1)C(=O)NCC(C)C. The molecule has 0 fully saturated rings. The van der Waals surface area contributed by atoms with Crippen LogP contribution in [0.1, 0.15) is 30.5 Å². The molecule has 0 unspecified atom stereocenters. The highest BCUT2D eigenvalue weighted by Gasteiger charge is 2.31. The van der Waals surface area contributed by atoms with Crippen molar-refractivity contribution in [1.82, 2.24) is 10.2 Å². The van der Waals surface area contributed by atoms with E-state index in [0.29, 0.717) is 31.2 Å². The lowest BCUT2D eigenvalue weighted by molar-refractivity contribution is -0.142. The van der Waals surface area contributed by atoms with Crippen LogP contribution in [0, 0.1) is 12.8 Å². The molecule has 6 heteroatoms. The molecule has 0 aliphatic heterocycles. The number of hydrogen-bond acceptors (Lipinski definition) is 3. The van der Waals surface area contributed by atoms with Gasteiger partial charge in [0.25, 0.3) is 5.91 Å². The average molecular weight is 588 g/mol. The monoisotopic (exact) mass is 586 g/mol. The molecule has 0 spiro atoms. The van der Waals surface area contributed by atoms with Gasteiger partial charge in [0.05, 0.1) is 4.47 Å². The Kier molecular flexibility index (Phi) is 9.77. The first kappa shape index (κ1) is 28.4. The summed E-state index contributed by atoms with van der Waals surface area (Å²) < 4.78 is 6.86. The van der Waals surface area contributed by atoms with Crippen molar-refractivity contribution in [3.63, 3.8) is 0 Å². The van der Waals surface area contributed by atoms with E-state index in [0.717, 1.165) is 31.9 Å². The van der Waals surface area contributed by atoms with E-state index in [1.807, 2.05) is 97.9 Å². The molecule has 2 amide bonds. The van der Waals surface area contributed by atoms with Gasteiger partial charge in [0.2, 0.25) is 5.91 Å². The fourth-order valence-electron chi connectivity index (χ4n) is 4.49. The van der Waals surface area contributed by atoms with Gasteiger partial charge >= 0.3 is 0 Å². The molecule has 5 nitrogen and oxygen atoms in total. The number of aryl methyl sites for hydroxylation is 1. The maximum atomic E-state index is 13.9. The van der Waals surface area contributed by atoms with Crippen molar-refractivity contribution in [2.24, 2.45) is 5.92 Å². The summed E-state index contributed by atoms with van der Waals surface area (Å²) in [5, 5.41) is 5.15. The van der Waals surface area contributed by atoms with Crippen molar-refractivity contribution >= 4 is 38.5 Å². The number of hydrogen-bond donors (Lipinski definition) is 1. The molecule has 202 valence electrons. The van der Waals surface area contributed by atoms with Crippen LogP contribution in [-0.4, -0.2) is 35.9 Å². The predicted molar refractivity (Wildman–Crippen MR) is 161 cm³/mol. The first-order valence-corrected chi connectivity index (χ1v) is 14.1. The molecule has 4 aromatic carbocycles. The lowest BCUT2D eigenvalue weighted by atomic mass is 10.0. The molecule has 39 heavy (non-hydrogen) atoms. The topological polar surface area (TPSA) is 58.6 Å². The molecule has 0 aliphatic rings. The number of nitrogens with zero attached hydrogens (tertiary/aromatic N) is 1. The molecule has 1 atom stereocenters. The van der Waals surface area contributed by atoms with Crippen molar-refractivity contribution in [2.45, 2.75) is 39.8 Å². The Morgan fingerprint density at radius 2 is 1.59 bits per heavy atom. The number of halogens is 1. The Hall–Kier alpha value is -3.64. The van der Waals surface area contributed by atoms with E-state index in [2.05, 4.69) is 35.1 Å². The first-order chi connectivity index (χ1) is 18.8. The van der Waals surface area contributed by atoms with Crippen LogP contribution in [0.25, 0.3) is 10.8 Å². The normalized spacial score (nSPS) is 11.8. The first-order valence-electron chi connectivity index (χ1n) is 13.3. The summed E-state index contributed by atoms with van der Waals surface area (Å²) in [4.78, 5) is 29.1. The van der Waals surface area contributed by atoms with Gasteiger partial charge in [-0.15, -0.1) is 0 Å². The van der Waals surface area contributed by atoms with Crippen LogP contribution in [0.15, 0.2) is 95.5 Å². The smallest absolute Gasteiger partial charge is 0.261 e. The van der Waals surface area contributed by atoms with Crippen molar-refractivity contribution in [1.29, 1.82) is 0 Å². The Morgan fingerprint density at radius 1 is 0.897 bits per heavy atom. The molecule has 4 rings (SSSR count). The lowest BCUT2D eigenvalue weighted by Gasteiger charge is -2.32. The van der Waals surface area contributed by atoms with Crippen LogP contribution in [0.2, 0.25) is 0 Å². The fraction of sp³-hybridized carbons (Fsp3) is 0.273. The van der Waals surface area contributed by atoms with Gasteiger partial charge in [-0.1, -0.05) is 98.8 Å².